The average Bonchev–Trinajstić information content (AvgIpc) is 2.74. The van der Waals surface area contributed by atoms with E-state index in [2.05, 4.69) is 10.3 Å². The highest BCUT2D eigenvalue weighted by molar-refractivity contribution is 8.00. The second-order valence-corrected chi connectivity index (χ2v) is 9.23. The van der Waals surface area contributed by atoms with Crippen LogP contribution >= 0.6 is 23.4 Å². The first-order valence-corrected chi connectivity index (χ1v) is 11.6. The van der Waals surface area contributed by atoms with E-state index in [0.717, 1.165) is 6.07 Å². The van der Waals surface area contributed by atoms with Crippen LogP contribution in [0.5, 0.6) is 0 Å². The molecular formula is C23H25ClFN3O3S. The van der Waals surface area contributed by atoms with Crippen molar-refractivity contribution in [2.24, 2.45) is 0 Å². The highest BCUT2D eigenvalue weighted by atomic mass is 35.5. The molecule has 3 aromatic rings. The lowest BCUT2D eigenvalue weighted by Crippen LogP contribution is -2.27. The quantitative estimate of drug-likeness (QED) is 0.263. The Balaban J connectivity index is 1.82. The van der Waals surface area contributed by atoms with E-state index in [-0.39, 0.29) is 22.6 Å². The number of anilines is 1. The highest BCUT2D eigenvalue weighted by Crippen LogP contribution is 2.26. The minimum Gasteiger partial charge on any atom is -0.379 e. The molecule has 1 atom stereocenters. The van der Waals surface area contributed by atoms with Crippen LogP contribution in [0.1, 0.15) is 27.2 Å². The summed E-state index contributed by atoms with van der Waals surface area (Å²) in [5.41, 5.74) is 0.737. The third-order valence-corrected chi connectivity index (χ3v) is 6.05. The number of nitrogens with one attached hydrogen (secondary N) is 1. The van der Waals surface area contributed by atoms with Gasteiger partial charge in [0.15, 0.2) is 5.16 Å². The smallest absolute Gasteiger partial charge is 0.262 e. The molecule has 0 aliphatic rings. The van der Waals surface area contributed by atoms with Crippen LogP contribution in [0, 0.1) is 5.82 Å². The molecule has 32 heavy (non-hydrogen) atoms. The van der Waals surface area contributed by atoms with Crippen LogP contribution < -0.4 is 10.9 Å². The number of carbonyl (C=O) groups is 1. The predicted molar refractivity (Wildman–Crippen MR) is 127 cm³/mol. The maximum absolute atomic E-state index is 13.3. The molecule has 1 heterocycles. The first-order valence-electron chi connectivity index (χ1n) is 10.3. The van der Waals surface area contributed by atoms with Crippen molar-refractivity contribution in [3.63, 3.8) is 0 Å². The van der Waals surface area contributed by atoms with Crippen LogP contribution in [-0.2, 0) is 16.1 Å². The van der Waals surface area contributed by atoms with Gasteiger partial charge in [0.25, 0.3) is 5.56 Å². The van der Waals surface area contributed by atoms with E-state index in [1.54, 1.807) is 29.7 Å². The lowest BCUT2D eigenvalue weighted by atomic mass is 10.2. The van der Waals surface area contributed by atoms with Gasteiger partial charge in [-0.2, -0.15) is 0 Å². The first kappa shape index (κ1) is 24.2. The first-order chi connectivity index (χ1) is 15.3. The number of amides is 1. The third kappa shape index (κ3) is 6.09. The summed E-state index contributed by atoms with van der Waals surface area (Å²) in [7, 11) is 0. The van der Waals surface area contributed by atoms with Crippen molar-refractivity contribution in [1.29, 1.82) is 0 Å². The molecule has 170 valence electrons. The van der Waals surface area contributed by atoms with Crippen molar-refractivity contribution in [2.45, 2.75) is 50.2 Å². The Hall–Kier alpha value is -2.42. The van der Waals surface area contributed by atoms with Crippen LogP contribution in [-0.4, -0.2) is 33.4 Å². The van der Waals surface area contributed by atoms with E-state index in [1.807, 2.05) is 19.9 Å². The Kier molecular flexibility index (Phi) is 8.28. The van der Waals surface area contributed by atoms with Crippen LogP contribution in [0.25, 0.3) is 10.9 Å². The van der Waals surface area contributed by atoms with Crippen molar-refractivity contribution in [1.82, 2.24) is 9.55 Å². The fourth-order valence-corrected chi connectivity index (χ4v) is 4.16. The van der Waals surface area contributed by atoms with Crippen molar-refractivity contribution in [3.8, 4) is 0 Å². The lowest BCUT2D eigenvalue weighted by Gasteiger charge is -2.17. The molecule has 3 rings (SSSR count). The summed E-state index contributed by atoms with van der Waals surface area (Å²) in [6.07, 6.45) is 0.745. The van der Waals surface area contributed by atoms with Crippen molar-refractivity contribution in [2.75, 3.05) is 11.9 Å². The molecule has 0 bridgehead atoms. The Morgan fingerprint density at radius 3 is 2.72 bits per heavy atom. The van der Waals surface area contributed by atoms with Crippen molar-refractivity contribution in [3.05, 3.63) is 63.7 Å². The zero-order valence-electron chi connectivity index (χ0n) is 18.1. The molecule has 0 saturated heterocycles. The Bertz CT molecular complexity index is 1170. The zero-order valence-corrected chi connectivity index (χ0v) is 19.7. The standard InChI is InChI=1S/C23H25ClFN3O3S/c1-14(2)31-12-6-11-28-22(30)17-7-4-5-8-19(17)27-23(28)32-15(3)21(29)26-20-10-9-16(25)13-18(20)24/h4-5,7-10,13-15H,6,11-12H2,1-3H3,(H,26,29). The van der Waals surface area contributed by atoms with Gasteiger partial charge in [0.2, 0.25) is 5.91 Å². The van der Waals surface area contributed by atoms with Gasteiger partial charge in [-0.1, -0.05) is 35.5 Å². The second-order valence-electron chi connectivity index (χ2n) is 7.51. The Labute approximate surface area is 195 Å². The maximum Gasteiger partial charge on any atom is 0.262 e. The van der Waals surface area contributed by atoms with Gasteiger partial charge in [-0.15, -0.1) is 0 Å². The van der Waals surface area contributed by atoms with Crippen molar-refractivity contribution >= 4 is 45.9 Å². The number of halogens is 2. The number of thioether (sulfide) groups is 1. The molecule has 1 unspecified atom stereocenters. The summed E-state index contributed by atoms with van der Waals surface area (Å²) in [5.74, 6) is -0.818. The van der Waals surface area contributed by atoms with Gasteiger partial charge in [0, 0.05) is 13.2 Å². The third-order valence-electron chi connectivity index (χ3n) is 4.64. The highest BCUT2D eigenvalue weighted by Gasteiger charge is 2.20. The van der Waals surface area contributed by atoms with Gasteiger partial charge in [0.05, 0.1) is 33.0 Å². The van der Waals surface area contributed by atoms with Crippen LogP contribution in [0.4, 0.5) is 10.1 Å². The van der Waals surface area contributed by atoms with Gasteiger partial charge in [-0.25, -0.2) is 9.37 Å². The summed E-state index contributed by atoms with van der Waals surface area (Å²) in [6, 6.07) is 10.9. The van der Waals surface area contributed by atoms with Crippen LogP contribution in [0.15, 0.2) is 52.4 Å². The van der Waals surface area contributed by atoms with E-state index in [4.69, 9.17) is 16.3 Å². The normalized spacial score (nSPS) is 12.3. The molecular weight excluding hydrogens is 453 g/mol. The minimum absolute atomic E-state index is 0.109. The Morgan fingerprint density at radius 2 is 2.00 bits per heavy atom. The van der Waals surface area contributed by atoms with Gasteiger partial charge in [-0.05, 0) is 57.5 Å². The summed E-state index contributed by atoms with van der Waals surface area (Å²) >= 11 is 7.19. The van der Waals surface area contributed by atoms with Gasteiger partial charge >= 0.3 is 0 Å². The average molecular weight is 478 g/mol. The number of para-hydroxylation sites is 1. The number of carbonyl (C=O) groups excluding carboxylic acids is 1. The molecule has 0 aliphatic carbocycles. The number of fused-ring (bicyclic) bond motifs is 1. The molecule has 0 fully saturated rings. The maximum atomic E-state index is 13.3. The molecule has 0 spiro atoms. The molecule has 2 aromatic carbocycles. The summed E-state index contributed by atoms with van der Waals surface area (Å²) < 4.78 is 20.4. The lowest BCUT2D eigenvalue weighted by molar-refractivity contribution is -0.115. The number of hydrogen-bond acceptors (Lipinski definition) is 5. The summed E-state index contributed by atoms with van der Waals surface area (Å²) in [6.45, 7) is 6.56. The fourth-order valence-electron chi connectivity index (χ4n) is 3.01. The molecule has 0 aliphatic heterocycles. The molecule has 1 aromatic heterocycles. The number of aromatic nitrogens is 2. The number of rotatable bonds is 9. The van der Waals surface area contributed by atoms with Crippen molar-refractivity contribution < 1.29 is 13.9 Å². The van der Waals surface area contributed by atoms with Gasteiger partial charge < -0.3 is 10.1 Å². The fraction of sp³-hybridized carbons (Fsp3) is 0.348. The number of nitrogens with zero attached hydrogens (tertiary/aromatic N) is 2. The molecule has 6 nitrogen and oxygen atoms in total. The Morgan fingerprint density at radius 1 is 1.25 bits per heavy atom. The largest absolute Gasteiger partial charge is 0.379 e. The number of benzene rings is 2. The molecule has 0 radical (unpaired) electrons. The van der Waals surface area contributed by atoms with E-state index in [0.29, 0.717) is 41.3 Å². The molecule has 1 N–H and O–H groups in total. The van der Waals surface area contributed by atoms with Crippen LogP contribution in [0.3, 0.4) is 0 Å². The number of ether oxygens (including phenoxy) is 1. The second kappa shape index (κ2) is 10.9. The van der Waals surface area contributed by atoms with Gasteiger partial charge in [-0.3, -0.25) is 14.2 Å². The van der Waals surface area contributed by atoms with E-state index < -0.39 is 11.1 Å². The van der Waals surface area contributed by atoms with E-state index in [9.17, 15) is 14.0 Å². The topological polar surface area (TPSA) is 73.2 Å². The number of hydrogen-bond donors (Lipinski definition) is 1. The zero-order chi connectivity index (χ0) is 23.3. The predicted octanol–water partition coefficient (Wildman–Crippen LogP) is 5.12. The van der Waals surface area contributed by atoms with Crippen LogP contribution in [0.2, 0.25) is 5.02 Å². The molecule has 9 heteroatoms. The van der Waals surface area contributed by atoms with E-state index >= 15 is 0 Å². The molecule has 0 saturated carbocycles. The monoisotopic (exact) mass is 477 g/mol. The summed E-state index contributed by atoms with van der Waals surface area (Å²) in [5, 5.41) is 3.21. The van der Waals surface area contributed by atoms with E-state index in [1.165, 1.54) is 23.9 Å². The SMILES string of the molecule is CC(C)OCCCn1c(SC(C)C(=O)Nc2ccc(F)cc2Cl)nc2ccccc2c1=O. The molecule has 1 amide bonds. The summed E-state index contributed by atoms with van der Waals surface area (Å²) in [4.78, 5) is 30.5. The van der Waals surface area contributed by atoms with Gasteiger partial charge in [0.1, 0.15) is 5.82 Å². The minimum atomic E-state index is -0.581.